The topological polar surface area (TPSA) is 114 Å². The van der Waals surface area contributed by atoms with Crippen molar-refractivity contribution in [1.29, 1.82) is 0 Å². The van der Waals surface area contributed by atoms with E-state index in [1.165, 1.54) is 0 Å². The Morgan fingerprint density at radius 1 is 0.578 bits per heavy atom. The summed E-state index contributed by atoms with van der Waals surface area (Å²) in [7, 11) is 0. The van der Waals surface area contributed by atoms with Crippen LogP contribution in [0.25, 0.3) is 0 Å². The lowest BCUT2D eigenvalue weighted by Gasteiger charge is -2.09. The van der Waals surface area contributed by atoms with Crippen LogP contribution in [0.5, 0.6) is 11.5 Å². The molecule has 2 aromatic rings. The molecule has 0 atom stereocenters. The Morgan fingerprint density at radius 3 is 1.67 bits per heavy atom. The van der Waals surface area contributed by atoms with Gasteiger partial charge in [0.1, 0.15) is 11.5 Å². The summed E-state index contributed by atoms with van der Waals surface area (Å²) in [5.41, 5.74) is 1.15. The maximum atomic E-state index is 12.5. The molecule has 0 saturated heterocycles. The predicted molar refractivity (Wildman–Crippen MR) is 171 cm³/mol. The minimum atomic E-state index is -0.518. The minimum Gasteiger partial charge on any atom is -0.494 e. The highest BCUT2D eigenvalue weighted by atomic mass is 16.5. The van der Waals surface area contributed by atoms with E-state index in [9.17, 15) is 19.2 Å². The van der Waals surface area contributed by atoms with Gasteiger partial charge in [0.25, 0.3) is 0 Å². The molecule has 2 rings (SSSR count). The molecule has 0 heterocycles. The van der Waals surface area contributed by atoms with Gasteiger partial charge in [-0.1, -0.05) is 26.3 Å². The number of hydrogen-bond acceptors (Lipinski definition) is 9. The summed E-state index contributed by atoms with van der Waals surface area (Å²) in [6.45, 7) is 8.95. The second-order valence-electron chi connectivity index (χ2n) is 10.8. The zero-order chi connectivity index (χ0) is 32.7. The van der Waals surface area contributed by atoms with Crippen molar-refractivity contribution in [2.75, 3.05) is 26.4 Å². The molecule has 0 bridgehead atoms. The molecule has 9 nitrogen and oxygen atoms in total. The van der Waals surface area contributed by atoms with Crippen molar-refractivity contribution in [3.05, 3.63) is 71.8 Å². The van der Waals surface area contributed by atoms with Crippen LogP contribution in [0.2, 0.25) is 0 Å². The Labute approximate surface area is 267 Å². The number of unbranched alkanes of at least 4 members (excludes halogenated alkanes) is 8. The van der Waals surface area contributed by atoms with Gasteiger partial charge in [-0.25, -0.2) is 14.4 Å². The summed E-state index contributed by atoms with van der Waals surface area (Å²) in [5, 5.41) is 0. The first kappa shape index (κ1) is 37.0. The third kappa shape index (κ3) is 16.5. The Hall–Kier alpha value is -4.14. The van der Waals surface area contributed by atoms with E-state index in [1.807, 2.05) is 0 Å². The average molecular weight is 625 g/mol. The quantitative estimate of drug-likeness (QED) is 0.0401. The van der Waals surface area contributed by atoms with Crippen LogP contribution in [0.15, 0.2) is 60.7 Å². The van der Waals surface area contributed by atoms with Crippen LogP contribution in [-0.2, 0) is 23.8 Å². The first-order valence-corrected chi connectivity index (χ1v) is 16.0. The van der Waals surface area contributed by atoms with E-state index in [1.54, 1.807) is 55.5 Å². The molecule has 0 aliphatic rings. The van der Waals surface area contributed by atoms with Crippen molar-refractivity contribution in [3.63, 3.8) is 0 Å². The Bertz CT molecular complexity index is 1190. The van der Waals surface area contributed by atoms with Crippen molar-refractivity contribution in [1.82, 2.24) is 0 Å². The van der Waals surface area contributed by atoms with Crippen molar-refractivity contribution >= 4 is 23.9 Å². The fourth-order valence-corrected chi connectivity index (χ4v) is 4.13. The van der Waals surface area contributed by atoms with Crippen LogP contribution < -0.4 is 9.47 Å². The van der Waals surface area contributed by atoms with E-state index in [-0.39, 0.29) is 11.9 Å². The highest BCUT2D eigenvalue weighted by Crippen LogP contribution is 2.18. The molecular formula is C36H48O9. The Morgan fingerprint density at radius 2 is 1.09 bits per heavy atom. The van der Waals surface area contributed by atoms with Crippen LogP contribution in [0, 0.1) is 0 Å². The number of ether oxygens (including phenoxy) is 5. The number of carbonyl (C=O) groups is 4. The van der Waals surface area contributed by atoms with Gasteiger partial charge in [-0.15, -0.1) is 0 Å². The van der Waals surface area contributed by atoms with E-state index in [0.29, 0.717) is 61.0 Å². The first-order valence-electron chi connectivity index (χ1n) is 16.0. The molecule has 2 aromatic carbocycles. The fraction of sp³-hybridized carbons (Fsp3) is 0.500. The summed E-state index contributed by atoms with van der Waals surface area (Å²) >= 11 is 0. The molecule has 246 valence electrons. The van der Waals surface area contributed by atoms with Gasteiger partial charge in [-0.3, -0.25) is 4.79 Å². The lowest BCUT2D eigenvalue weighted by atomic mass is 10.2. The molecule has 9 heteroatoms. The lowest BCUT2D eigenvalue weighted by Crippen LogP contribution is -2.09. The largest absolute Gasteiger partial charge is 0.494 e. The zero-order valence-electron chi connectivity index (χ0n) is 26.8. The lowest BCUT2D eigenvalue weighted by molar-refractivity contribution is -0.144. The van der Waals surface area contributed by atoms with Gasteiger partial charge in [-0.2, -0.15) is 0 Å². The molecular weight excluding hydrogens is 576 g/mol. The summed E-state index contributed by atoms with van der Waals surface area (Å²) in [4.78, 5) is 47.8. The Balaban J connectivity index is 1.57. The van der Waals surface area contributed by atoms with Gasteiger partial charge in [0.15, 0.2) is 0 Å². The number of benzene rings is 2. The van der Waals surface area contributed by atoms with Gasteiger partial charge in [-0.05, 0) is 113 Å². The van der Waals surface area contributed by atoms with Crippen molar-refractivity contribution in [3.8, 4) is 11.5 Å². The summed E-state index contributed by atoms with van der Waals surface area (Å²) in [5.74, 6) is -0.466. The number of carbonyl (C=O) groups excluding carboxylic acids is 4. The molecule has 0 radical (unpaired) electrons. The second-order valence-corrected chi connectivity index (χ2v) is 10.8. The Kier molecular flexibility index (Phi) is 18.4. The molecule has 0 aliphatic carbocycles. The highest BCUT2D eigenvalue weighted by Gasteiger charge is 2.12. The number of esters is 4. The molecule has 0 unspecified atom stereocenters. The van der Waals surface area contributed by atoms with E-state index in [4.69, 9.17) is 23.7 Å². The van der Waals surface area contributed by atoms with Crippen LogP contribution in [-0.4, -0.2) is 50.3 Å². The molecule has 45 heavy (non-hydrogen) atoms. The van der Waals surface area contributed by atoms with Crippen molar-refractivity contribution < 1.29 is 42.9 Å². The standard InChI is InChI=1S/C36H48O9/c1-4-5-10-15-33(37)42-25-12-7-9-14-27-44-35(39)29-18-22-32(23-19-29)45-36(40)30-16-20-31(21-17-30)41-24-11-6-8-13-26-43-34(38)28(2)3/h16-23H,2,4-15,24-27H2,1,3H3. The normalized spacial score (nSPS) is 10.5. The summed E-state index contributed by atoms with van der Waals surface area (Å²) < 4.78 is 26.8. The smallest absolute Gasteiger partial charge is 0.343 e. The van der Waals surface area contributed by atoms with Gasteiger partial charge >= 0.3 is 23.9 Å². The highest BCUT2D eigenvalue weighted by molar-refractivity contribution is 5.92. The third-order valence-corrected chi connectivity index (χ3v) is 6.80. The molecule has 0 amide bonds. The third-order valence-electron chi connectivity index (χ3n) is 6.80. The maximum absolute atomic E-state index is 12.5. The van der Waals surface area contributed by atoms with Gasteiger partial charge in [0, 0.05) is 12.0 Å². The SMILES string of the molecule is C=C(C)C(=O)OCCCCCCOc1ccc(C(=O)Oc2ccc(C(=O)OCCCCCCOC(=O)CCCCC)cc2)cc1. The van der Waals surface area contributed by atoms with Crippen LogP contribution >= 0.6 is 0 Å². The molecule has 0 saturated carbocycles. The predicted octanol–water partition coefficient (Wildman–Crippen LogP) is 7.81. The monoisotopic (exact) mass is 624 g/mol. The molecule has 0 spiro atoms. The van der Waals surface area contributed by atoms with Gasteiger partial charge in [0.2, 0.25) is 0 Å². The van der Waals surface area contributed by atoms with Crippen LogP contribution in [0.3, 0.4) is 0 Å². The van der Waals surface area contributed by atoms with Gasteiger partial charge in [0.05, 0.1) is 37.6 Å². The zero-order valence-corrected chi connectivity index (χ0v) is 26.8. The molecule has 0 N–H and O–H groups in total. The second kappa shape index (κ2) is 22.4. The molecule has 0 aliphatic heterocycles. The average Bonchev–Trinajstić information content (AvgIpc) is 3.04. The molecule has 0 aromatic heterocycles. The van der Waals surface area contributed by atoms with Crippen LogP contribution in [0.4, 0.5) is 0 Å². The summed E-state index contributed by atoms with van der Waals surface area (Å²) in [6, 6.07) is 13.0. The first-order chi connectivity index (χ1) is 21.8. The van der Waals surface area contributed by atoms with Crippen molar-refractivity contribution in [2.45, 2.75) is 90.9 Å². The number of rotatable bonds is 23. The van der Waals surface area contributed by atoms with Gasteiger partial charge < -0.3 is 23.7 Å². The minimum absolute atomic E-state index is 0.129. The van der Waals surface area contributed by atoms with Crippen LogP contribution in [0.1, 0.15) is 112 Å². The fourth-order valence-electron chi connectivity index (χ4n) is 4.13. The number of hydrogen-bond donors (Lipinski definition) is 0. The van der Waals surface area contributed by atoms with E-state index < -0.39 is 11.9 Å². The van der Waals surface area contributed by atoms with E-state index >= 15 is 0 Å². The maximum Gasteiger partial charge on any atom is 0.343 e. The van der Waals surface area contributed by atoms with Crippen molar-refractivity contribution in [2.24, 2.45) is 0 Å². The summed E-state index contributed by atoms with van der Waals surface area (Å²) in [6.07, 6.45) is 10.3. The van der Waals surface area contributed by atoms with E-state index in [2.05, 4.69) is 13.5 Å². The van der Waals surface area contributed by atoms with E-state index in [0.717, 1.165) is 70.6 Å². The molecule has 0 fully saturated rings.